The Morgan fingerprint density at radius 3 is 2.81 bits per heavy atom. The monoisotopic (exact) mass is 352 g/mol. The second-order valence-electron chi connectivity index (χ2n) is 4.37. The van der Waals surface area contributed by atoms with Gasteiger partial charge in [0.15, 0.2) is 0 Å². The van der Waals surface area contributed by atoms with Gasteiger partial charge in [-0.3, -0.25) is 19.6 Å². The van der Waals surface area contributed by atoms with E-state index in [1.165, 1.54) is 12.1 Å². The molecule has 0 aliphatic carbocycles. The van der Waals surface area contributed by atoms with Gasteiger partial charge in [-0.1, -0.05) is 12.1 Å². The molecule has 1 aromatic carbocycles. The Balaban J connectivity index is 1.99. The Morgan fingerprint density at radius 2 is 2.19 bits per heavy atom. The topological polar surface area (TPSA) is 90.1 Å². The van der Waals surface area contributed by atoms with E-state index in [-0.39, 0.29) is 23.7 Å². The Kier molecular flexibility index (Phi) is 4.69. The van der Waals surface area contributed by atoms with Crippen LogP contribution in [0.15, 0.2) is 34.9 Å². The van der Waals surface area contributed by atoms with Crippen LogP contribution < -0.4 is 5.32 Å². The number of nitrogens with zero attached hydrogens (tertiary/aromatic N) is 3. The van der Waals surface area contributed by atoms with Crippen LogP contribution >= 0.6 is 15.9 Å². The summed E-state index contributed by atoms with van der Waals surface area (Å²) in [6, 6.07) is 6.05. The van der Waals surface area contributed by atoms with Crippen molar-refractivity contribution >= 4 is 33.2 Å². The highest BCUT2D eigenvalue weighted by atomic mass is 79.9. The fraction of sp³-hybridized carbons (Fsp3) is 0.231. The number of para-hydroxylation sites is 2. The van der Waals surface area contributed by atoms with Crippen LogP contribution in [-0.2, 0) is 11.3 Å². The molecule has 0 aliphatic rings. The molecular formula is C13H13BrN4O3. The minimum Gasteiger partial charge on any atom is -0.320 e. The zero-order valence-corrected chi connectivity index (χ0v) is 12.8. The number of anilines is 1. The number of aromatic nitrogens is 2. The normalized spacial score (nSPS) is 10.4. The number of nitro groups is 1. The first kappa shape index (κ1) is 15.2. The van der Waals surface area contributed by atoms with Gasteiger partial charge in [-0.2, -0.15) is 5.10 Å². The number of benzene rings is 1. The molecular weight excluding hydrogens is 340 g/mol. The summed E-state index contributed by atoms with van der Waals surface area (Å²) in [5.74, 6) is -0.296. The third kappa shape index (κ3) is 3.66. The number of hydrogen-bond acceptors (Lipinski definition) is 4. The number of hydrogen-bond donors (Lipinski definition) is 1. The van der Waals surface area contributed by atoms with E-state index in [9.17, 15) is 14.9 Å². The molecule has 7 nitrogen and oxygen atoms in total. The van der Waals surface area contributed by atoms with Crippen LogP contribution in [0.1, 0.15) is 12.1 Å². The Hall–Kier alpha value is -2.22. The number of aryl methyl sites for hydroxylation is 1. The minimum absolute atomic E-state index is 0.121. The van der Waals surface area contributed by atoms with E-state index in [4.69, 9.17) is 0 Å². The van der Waals surface area contributed by atoms with Gasteiger partial charge in [-0.15, -0.1) is 0 Å². The molecule has 1 heterocycles. The lowest BCUT2D eigenvalue weighted by atomic mass is 10.2. The number of carbonyl (C=O) groups excluding carboxylic acids is 1. The van der Waals surface area contributed by atoms with E-state index in [2.05, 4.69) is 26.3 Å². The quantitative estimate of drug-likeness (QED) is 0.661. The lowest BCUT2D eigenvalue weighted by molar-refractivity contribution is -0.383. The first-order chi connectivity index (χ1) is 9.99. The molecule has 0 saturated carbocycles. The second-order valence-corrected chi connectivity index (χ2v) is 5.23. The first-order valence-electron chi connectivity index (χ1n) is 6.20. The first-order valence-corrected chi connectivity index (χ1v) is 6.99. The second kappa shape index (κ2) is 6.49. The predicted molar refractivity (Wildman–Crippen MR) is 81.0 cm³/mol. The van der Waals surface area contributed by atoms with Crippen molar-refractivity contribution in [2.75, 3.05) is 5.32 Å². The summed E-state index contributed by atoms with van der Waals surface area (Å²) >= 11 is 3.34. The summed E-state index contributed by atoms with van der Waals surface area (Å²) in [6.07, 6.45) is 1.84. The zero-order chi connectivity index (χ0) is 15.4. The third-order valence-electron chi connectivity index (χ3n) is 2.97. The van der Waals surface area contributed by atoms with E-state index in [0.717, 1.165) is 10.2 Å². The van der Waals surface area contributed by atoms with E-state index in [1.807, 2.05) is 6.92 Å². The van der Waals surface area contributed by atoms with Crippen molar-refractivity contribution in [3.63, 3.8) is 0 Å². The molecule has 0 fully saturated rings. The van der Waals surface area contributed by atoms with Crippen molar-refractivity contribution in [1.29, 1.82) is 0 Å². The fourth-order valence-electron chi connectivity index (χ4n) is 1.81. The number of halogens is 1. The van der Waals surface area contributed by atoms with E-state index in [0.29, 0.717) is 6.54 Å². The van der Waals surface area contributed by atoms with Gasteiger partial charge in [0.1, 0.15) is 5.69 Å². The average Bonchev–Trinajstić information content (AvgIpc) is 2.77. The van der Waals surface area contributed by atoms with Crippen molar-refractivity contribution in [3.05, 3.63) is 50.7 Å². The fourth-order valence-corrected chi connectivity index (χ4v) is 2.10. The highest BCUT2D eigenvalue weighted by Crippen LogP contribution is 2.23. The van der Waals surface area contributed by atoms with Gasteiger partial charge in [0.25, 0.3) is 5.69 Å². The molecule has 0 saturated heterocycles. The van der Waals surface area contributed by atoms with Crippen LogP contribution in [0.3, 0.4) is 0 Å². The molecule has 0 spiro atoms. The maximum atomic E-state index is 11.9. The smallest absolute Gasteiger partial charge is 0.292 e. The van der Waals surface area contributed by atoms with Gasteiger partial charge >= 0.3 is 0 Å². The van der Waals surface area contributed by atoms with Crippen LogP contribution in [0.2, 0.25) is 0 Å². The molecule has 1 amide bonds. The standard InChI is InChI=1S/C13H13BrN4O3/c1-9-10(14)8-15-17(9)7-6-13(19)16-11-4-2-3-5-12(11)18(20)21/h2-5,8H,6-7H2,1H3,(H,16,19). The largest absolute Gasteiger partial charge is 0.320 e. The van der Waals surface area contributed by atoms with Gasteiger partial charge in [0.2, 0.25) is 5.91 Å². The summed E-state index contributed by atoms with van der Waals surface area (Å²) in [5, 5.41) is 17.5. The van der Waals surface area contributed by atoms with Crippen molar-refractivity contribution in [1.82, 2.24) is 9.78 Å². The molecule has 2 aromatic rings. The highest BCUT2D eigenvalue weighted by molar-refractivity contribution is 9.10. The molecule has 0 aliphatic heterocycles. The average molecular weight is 353 g/mol. The molecule has 8 heteroatoms. The van der Waals surface area contributed by atoms with Gasteiger partial charge < -0.3 is 5.32 Å². The van der Waals surface area contributed by atoms with Crippen molar-refractivity contribution in [3.8, 4) is 0 Å². The number of nitrogens with one attached hydrogen (secondary N) is 1. The number of amides is 1. The van der Waals surface area contributed by atoms with Crippen molar-refractivity contribution < 1.29 is 9.72 Å². The summed E-state index contributed by atoms with van der Waals surface area (Å²) in [4.78, 5) is 22.2. The maximum absolute atomic E-state index is 11.9. The molecule has 1 N–H and O–H groups in total. The molecule has 0 radical (unpaired) electrons. The van der Waals surface area contributed by atoms with Gasteiger partial charge in [0.05, 0.1) is 22.1 Å². The van der Waals surface area contributed by atoms with E-state index < -0.39 is 4.92 Å². The molecule has 0 unspecified atom stereocenters. The van der Waals surface area contributed by atoms with Gasteiger partial charge in [-0.25, -0.2) is 0 Å². The Morgan fingerprint density at radius 1 is 1.48 bits per heavy atom. The SMILES string of the molecule is Cc1c(Br)cnn1CCC(=O)Nc1ccccc1[N+](=O)[O-]. The summed E-state index contributed by atoms with van der Waals surface area (Å²) in [7, 11) is 0. The molecule has 0 atom stereocenters. The molecule has 21 heavy (non-hydrogen) atoms. The minimum atomic E-state index is -0.523. The summed E-state index contributed by atoms with van der Waals surface area (Å²) in [5.41, 5.74) is 1.00. The maximum Gasteiger partial charge on any atom is 0.292 e. The van der Waals surface area contributed by atoms with Crippen LogP contribution in [0, 0.1) is 17.0 Å². The molecule has 110 valence electrons. The van der Waals surface area contributed by atoms with Crippen LogP contribution in [0.4, 0.5) is 11.4 Å². The number of rotatable bonds is 5. The Bertz CT molecular complexity index is 684. The summed E-state index contributed by atoms with van der Waals surface area (Å²) < 4.78 is 2.57. The third-order valence-corrected chi connectivity index (χ3v) is 3.75. The lowest BCUT2D eigenvalue weighted by Crippen LogP contribution is -2.16. The lowest BCUT2D eigenvalue weighted by Gasteiger charge is -2.07. The van der Waals surface area contributed by atoms with Crippen LogP contribution in [-0.4, -0.2) is 20.6 Å². The number of nitro benzene ring substituents is 1. The van der Waals surface area contributed by atoms with Crippen molar-refractivity contribution in [2.24, 2.45) is 0 Å². The van der Waals surface area contributed by atoms with Crippen molar-refractivity contribution in [2.45, 2.75) is 19.9 Å². The van der Waals surface area contributed by atoms with E-state index in [1.54, 1.807) is 23.0 Å². The van der Waals surface area contributed by atoms with Gasteiger partial charge in [-0.05, 0) is 28.9 Å². The van der Waals surface area contributed by atoms with Crippen LogP contribution in [0.5, 0.6) is 0 Å². The number of carbonyl (C=O) groups is 1. The van der Waals surface area contributed by atoms with Gasteiger partial charge in [0, 0.05) is 18.2 Å². The van der Waals surface area contributed by atoms with Crippen LogP contribution in [0.25, 0.3) is 0 Å². The zero-order valence-electron chi connectivity index (χ0n) is 11.2. The molecule has 2 rings (SSSR count). The molecule has 0 bridgehead atoms. The molecule has 1 aromatic heterocycles. The predicted octanol–water partition coefficient (Wildman–Crippen LogP) is 2.89. The summed E-state index contributed by atoms with van der Waals surface area (Å²) in [6.45, 7) is 2.29. The van der Waals surface area contributed by atoms with E-state index >= 15 is 0 Å². The Labute approximate surface area is 129 Å². The highest BCUT2D eigenvalue weighted by Gasteiger charge is 2.15.